The highest BCUT2D eigenvalue weighted by Gasteiger charge is 2.12. The first kappa shape index (κ1) is 16.7. The SMILES string of the molecule is CCNCCN(CC)CC(=O)Nc1n[nH]c2cc(Cl)ccc12. The highest BCUT2D eigenvalue weighted by atomic mass is 35.5. The molecule has 0 spiro atoms. The quantitative estimate of drug-likeness (QED) is 0.650. The van der Waals surface area contributed by atoms with Gasteiger partial charge in [0.15, 0.2) is 5.82 Å². The molecule has 1 amide bonds. The van der Waals surface area contributed by atoms with Gasteiger partial charge in [-0.1, -0.05) is 25.4 Å². The van der Waals surface area contributed by atoms with Crippen molar-refractivity contribution in [3.05, 3.63) is 23.2 Å². The number of fused-ring (bicyclic) bond motifs is 1. The molecule has 0 aliphatic heterocycles. The van der Waals surface area contributed by atoms with Crippen molar-refractivity contribution in [1.82, 2.24) is 20.4 Å². The minimum absolute atomic E-state index is 0.0679. The smallest absolute Gasteiger partial charge is 0.239 e. The average Bonchev–Trinajstić information content (AvgIpc) is 2.88. The Bertz CT molecular complexity index is 627. The summed E-state index contributed by atoms with van der Waals surface area (Å²) in [6.07, 6.45) is 0. The van der Waals surface area contributed by atoms with Crippen LogP contribution in [-0.4, -0.2) is 53.7 Å². The molecule has 0 radical (unpaired) electrons. The lowest BCUT2D eigenvalue weighted by atomic mass is 10.2. The van der Waals surface area contributed by atoms with E-state index in [1.54, 1.807) is 12.1 Å². The lowest BCUT2D eigenvalue weighted by Gasteiger charge is -2.19. The van der Waals surface area contributed by atoms with E-state index in [4.69, 9.17) is 11.6 Å². The maximum absolute atomic E-state index is 12.2. The summed E-state index contributed by atoms with van der Waals surface area (Å²) in [5.74, 6) is 0.473. The van der Waals surface area contributed by atoms with Gasteiger partial charge in [-0.25, -0.2) is 0 Å². The molecule has 0 fully saturated rings. The fraction of sp³-hybridized carbons (Fsp3) is 0.467. The van der Waals surface area contributed by atoms with Gasteiger partial charge in [0.1, 0.15) is 0 Å². The third kappa shape index (κ3) is 4.43. The molecular formula is C15H22ClN5O. The zero-order valence-electron chi connectivity index (χ0n) is 12.9. The second kappa shape index (κ2) is 8.12. The summed E-state index contributed by atoms with van der Waals surface area (Å²) in [5, 5.41) is 14.6. The number of aromatic amines is 1. The summed E-state index contributed by atoms with van der Waals surface area (Å²) in [6, 6.07) is 5.41. The van der Waals surface area contributed by atoms with Gasteiger partial charge < -0.3 is 10.6 Å². The average molecular weight is 324 g/mol. The molecule has 1 aromatic carbocycles. The summed E-state index contributed by atoms with van der Waals surface area (Å²) in [7, 11) is 0. The number of nitrogens with zero attached hydrogens (tertiary/aromatic N) is 2. The first-order chi connectivity index (χ1) is 10.6. The van der Waals surface area contributed by atoms with Crippen molar-refractivity contribution in [2.45, 2.75) is 13.8 Å². The van der Waals surface area contributed by atoms with Gasteiger partial charge in [-0.15, -0.1) is 0 Å². The molecule has 0 saturated heterocycles. The Labute approximate surface area is 135 Å². The number of aromatic nitrogens is 2. The normalized spacial score (nSPS) is 11.3. The maximum Gasteiger partial charge on any atom is 0.239 e. The number of benzene rings is 1. The van der Waals surface area contributed by atoms with Crippen LogP contribution in [0.2, 0.25) is 5.02 Å². The standard InChI is InChI=1S/C15H22ClN5O/c1-3-17-7-8-21(4-2)10-14(22)18-15-12-6-5-11(16)9-13(12)19-20-15/h5-6,9,17H,3-4,7-8,10H2,1-2H3,(H2,18,19,20,22). The summed E-state index contributed by atoms with van der Waals surface area (Å²) in [5.41, 5.74) is 0.808. The Morgan fingerprint density at radius 2 is 2.23 bits per heavy atom. The summed E-state index contributed by atoms with van der Waals surface area (Å²) in [6.45, 7) is 7.95. The highest BCUT2D eigenvalue weighted by Crippen LogP contribution is 2.23. The van der Waals surface area contributed by atoms with E-state index in [9.17, 15) is 4.79 Å². The van der Waals surface area contributed by atoms with Crippen LogP contribution in [0.1, 0.15) is 13.8 Å². The Balaban J connectivity index is 1.95. The van der Waals surface area contributed by atoms with Crippen LogP contribution in [0.5, 0.6) is 0 Å². The van der Waals surface area contributed by atoms with Gasteiger partial charge in [0.25, 0.3) is 0 Å². The Morgan fingerprint density at radius 1 is 1.41 bits per heavy atom. The lowest BCUT2D eigenvalue weighted by Crippen LogP contribution is -2.37. The van der Waals surface area contributed by atoms with Crippen molar-refractivity contribution in [3.63, 3.8) is 0 Å². The van der Waals surface area contributed by atoms with E-state index in [1.165, 1.54) is 0 Å². The van der Waals surface area contributed by atoms with Crippen LogP contribution in [0.3, 0.4) is 0 Å². The van der Waals surface area contributed by atoms with Crippen molar-refractivity contribution in [1.29, 1.82) is 0 Å². The van der Waals surface area contributed by atoms with Crippen molar-refractivity contribution in [3.8, 4) is 0 Å². The number of carbonyl (C=O) groups is 1. The van der Waals surface area contributed by atoms with Gasteiger partial charge in [0, 0.05) is 23.5 Å². The van der Waals surface area contributed by atoms with Crippen LogP contribution in [-0.2, 0) is 4.79 Å². The zero-order chi connectivity index (χ0) is 15.9. The van der Waals surface area contributed by atoms with Gasteiger partial charge in [0.2, 0.25) is 5.91 Å². The van der Waals surface area contributed by atoms with E-state index in [1.807, 2.05) is 13.0 Å². The van der Waals surface area contributed by atoms with E-state index < -0.39 is 0 Å². The van der Waals surface area contributed by atoms with Crippen molar-refractivity contribution in [2.24, 2.45) is 0 Å². The van der Waals surface area contributed by atoms with Crippen LogP contribution in [0.15, 0.2) is 18.2 Å². The number of amides is 1. The fourth-order valence-corrected chi connectivity index (χ4v) is 2.40. The zero-order valence-corrected chi connectivity index (χ0v) is 13.7. The number of carbonyl (C=O) groups excluding carboxylic acids is 1. The van der Waals surface area contributed by atoms with E-state index in [-0.39, 0.29) is 5.91 Å². The van der Waals surface area contributed by atoms with Gasteiger partial charge in [-0.3, -0.25) is 14.8 Å². The molecule has 0 atom stereocenters. The number of H-pyrrole nitrogens is 1. The molecule has 2 rings (SSSR count). The molecule has 0 unspecified atom stereocenters. The Hall–Kier alpha value is -1.63. The molecule has 0 aliphatic rings. The molecule has 3 N–H and O–H groups in total. The second-order valence-electron chi connectivity index (χ2n) is 5.03. The van der Waals surface area contributed by atoms with Gasteiger partial charge in [0.05, 0.1) is 12.1 Å². The number of hydrogen-bond acceptors (Lipinski definition) is 4. The van der Waals surface area contributed by atoms with E-state index >= 15 is 0 Å². The van der Waals surface area contributed by atoms with Crippen LogP contribution in [0.4, 0.5) is 5.82 Å². The molecule has 22 heavy (non-hydrogen) atoms. The number of halogens is 1. The number of hydrogen-bond donors (Lipinski definition) is 3. The topological polar surface area (TPSA) is 73.1 Å². The summed E-state index contributed by atoms with van der Waals surface area (Å²) in [4.78, 5) is 14.3. The highest BCUT2D eigenvalue weighted by molar-refractivity contribution is 6.31. The number of likely N-dealkylation sites (N-methyl/N-ethyl adjacent to an activating group) is 2. The minimum Gasteiger partial charge on any atom is -0.316 e. The van der Waals surface area contributed by atoms with Crippen molar-refractivity contribution >= 4 is 34.2 Å². The molecule has 2 aromatic rings. The third-order valence-corrected chi connectivity index (χ3v) is 3.69. The fourth-order valence-electron chi connectivity index (χ4n) is 2.22. The number of anilines is 1. The molecule has 120 valence electrons. The molecule has 1 heterocycles. The Morgan fingerprint density at radius 3 is 2.95 bits per heavy atom. The predicted molar refractivity (Wildman–Crippen MR) is 90.4 cm³/mol. The largest absolute Gasteiger partial charge is 0.316 e. The number of rotatable bonds is 8. The van der Waals surface area contributed by atoms with Crippen molar-refractivity contribution in [2.75, 3.05) is 38.0 Å². The Kier molecular flexibility index (Phi) is 6.18. The lowest BCUT2D eigenvalue weighted by molar-refractivity contribution is -0.117. The molecule has 0 saturated carbocycles. The van der Waals surface area contributed by atoms with Crippen LogP contribution >= 0.6 is 11.6 Å². The third-order valence-electron chi connectivity index (χ3n) is 3.45. The van der Waals surface area contributed by atoms with E-state index in [2.05, 4.69) is 32.7 Å². The molecular weight excluding hydrogens is 302 g/mol. The van der Waals surface area contributed by atoms with E-state index in [0.29, 0.717) is 17.4 Å². The van der Waals surface area contributed by atoms with Gasteiger partial charge in [-0.05, 0) is 31.3 Å². The molecule has 0 bridgehead atoms. The molecule has 7 heteroatoms. The monoisotopic (exact) mass is 323 g/mol. The first-order valence-corrected chi connectivity index (χ1v) is 7.88. The molecule has 1 aromatic heterocycles. The minimum atomic E-state index is -0.0679. The van der Waals surface area contributed by atoms with Crippen LogP contribution in [0.25, 0.3) is 10.9 Å². The van der Waals surface area contributed by atoms with Gasteiger partial charge >= 0.3 is 0 Å². The predicted octanol–water partition coefficient (Wildman–Crippen LogP) is 2.09. The maximum atomic E-state index is 12.2. The summed E-state index contributed by atoms with van der Waals surface area (Å²) < 4.78 is 0. The van der Waals surface area contributed by atoms with Crippen LogP contribution < -0.4 is 10.6 Å². The first-order valence-electron chi connectivity index (χ1n) is 7.50. The van der Waals surface area contributed by atoms with Gasteiger partial charge in [-0.2, -0.15) is 5.10 Å². The summed E-state index contributed by atoms with van der Waals surface area (Å²) >= 11 is 5.93. The van der Waals surface area contributed by atoms with E-state index in [0.717, 1.165) is 37.1 Å². The second-order valence-corrected chi connectivity index (χ2v) is 5.47. The van der Waals surface area contributed by atoms with Crippen LogP contribution in [0, 0.1) is 0 Å². The molecule has 0 aliphatic carbocycles. The molecule has 6 nitrogen and oxygen atoms in total. The van der Waals surface area contributed by atoms with Crippen molar-refractivity contribution < 1.29 is 4.79 Å². The number of nitrogens with one attached hydrogen (secondary N) is 3.